The van der Waals surface area contributed by atoms with E-state index in [2.05, 4.69) is 22.4 Å². The Balaban J connectivity index is 1.50. The second kappa shape index (κ2) is 8.91. The average molecular weight is 406 g/mol. The number of nitrogens with one attached hydrogen (secondary N) is 2. The molecule has 0 bridgehead atoms. The Kier molecular flexibility index (Phi) is 5.89. The Morgan fingerprint density at radius 2 is 1.68 bits per heavy atom. The van der Waals surface area contributed by atoms with E-state index in [0.29, 0.717) is 12.3 Å². The van der Waals surface area contributed by atoms with Gasteiger partial charge in [-0.2, -0.15) is 0 Å². The third-order valence-corrected chi connectivity index (χ3v) is 5.92. The van der Waals surface area contributed by atoms with Gasteiger partial charge in [0.05, 0.1) is 23.7 Å². The lowest BCUT2D eigenvalue weighted by Gasteiger charge is -2.02. The molecule has 6 heteroatoms. The molecular weight excluding hydrogens is 386 g/mol. The van der Waals surface area contributed by atoms with E-state index in [1.165, 1.54) is 11.8 Å². The molecule has 0 aliphatic heterocycles. The molecule has 4 rings (SSSR count). The first kappa shape index (κ1) is 18.5. The number of hydrogen-bond acceptors (Lipinski definition) is 4. The van der Waals surface area contributed by atoms with Crippen LogP contribution in [0.25, 0.3) is 22.5 Å². The Morgan fingerprint density at radius 1 is 0.964 bits per heavy atom. The Hall–Kier alpha value is -2.83. The highest BCUT2D eigenvalue weighted by atomic mass is 32.2. The number of H-pyrrole nitrogens is 1. The Labute approximate surface area is 172 Å². The number of benzene rings is 2. The quantitative estimate of drug-likeness (QED) is 0.415. The lowest BCUT2D eigenvalue weighted by atomic mass is 10.1. The number of thiophene rings is 1. The number of aromatic nitrogens is 2. The van der Waals surface area contributed by atoms with Gasteiger partial charge in [-0.3, -0.25) is 4.79 Å². The molecule has 0 unspecified atom stereocenters. The number of thioether (sulfide) groups is 1. The van der Waals surface area contributed by atoms with Crippen molar-refractivity contribution in [1.29, 1.82) is 0 Å². The fourth-order valence-electron chi connectivity index (χ4n) is 2.82. The molecule has 2 heterocycles. The summed E-state index contributed by atoms with van der Waals surface area (Å²) in [6.07, 6.45) is 0. The first-order valence-electron chi connectivity index (χ1n) is 8.92. The van der Waals surface area contributed by atoms with Gasteiger partial charge >= 0.3 is 0 Å². The van der Waals surface area contributed by atoms with Crippen LogP contribution < -0.4 is 5.32 Å². The van der Waals surface area contributed by atoms with Gasteiger partial charge in [0, 0.05) is 16.0 Å². The van der Waals surface area contributed by atoms with Gasteiger partial charge < -0.3 is 10.3 Å². The summed E-state index contributed by atoms with van der Waals surface area (Å²) in [6.45, 7) is 0.569. The number of hydrogen-bond donors (Lipinski definition) is 2. The molecule has 2 aromatic heterocycles. The second-order valence-corrected chi connectivity index (χ2v) is 8.14. The van der Waals surface area contributed by atoms with Gasteiger partial charge in [0.15, 0.2) is 5.16 Å². The van der Waals surface area contributed by atoms with Crippen molar-refractivity contribution in [3.8, 4) is 22.5 Å². The van der Waals surface area contributed by atoms with E-state index < -0.39 is 0 Å². The Morgan fingerprint density at radius 3 is 2.36 bits per heavy atom. The Bertz CT molecular complexity index is 971. The van der Waals surface area contributed by atoms with Gasteiger partial charge in [-0.1, -0.05) is 78.5 Å². The fourth-order valence-corrected chi connectivity index (χ4v) is 4.17. The molecule has 0 radical (unpaired) electrons. The van der Waals surface area contributed by atoms with Crippen LogP contribution in [0, 0.1) is 0 Å². The smallest absolute Gasteiger partial charge is 0.230 e. The highest BCUT2D eigenvalue weighted by Gasteiger charge is 2.15. The minimum absolute atomic E-state index is 0.00248. The molecule has 140 valence electrons. The minimum Gasteiger partial charge on any atom is -0.350 e. The summed E-state index contributed by atoms with van der Waals surface area (Å²) in [6, 6.07) is 24.2. The molecule has 0 atom stereocenters. The number of nitrogens with zero attached hydrogens (tertiary/aromatic N) is 1. The van der Waals surface area contributed by atoms with E-state index in [1.54, 1.807) is 11.3 Å². The molecular formula is C22H19N3OS2. The van der Waals surface area contributed by atoms with E-state index in [9.17, 15) is 4.79 Å². The number of carbonyl (C=O) groups excluding carboxylic acids is 1. The third kappa shape index (κ3) is 4.52. The van der Waals surface area contributed by atoms with Crippen molar-refractivity contribution in [2.45, 2.75) is 11.7 Å². The second-order valence-electron chi connectivity index (χ2n) is 6.14. The third-order valence-electron chi connectivity index (χ3n) is 4.17. The predicted octanol–water partition coefficient (Wildman–Crippen LogP) is 5.21. The van der Waals surface area contributed by atoms with Gasteiger partial charge in [0.1, 0.15) is 0 Å². The topological polar surface area (TPSA) is 57.8 Å². The summed E-state index contributed by atoms with van der Waals surface area (Å²) in [7, 11) is 0. The van der Waals surface area contributed by atoms with Crippen LogP contribution in [0.15, 0.2) is 83.3 Å². The largest absolute Gasteiger partial charge is 0.350 e. The summed E-state index contributed by atoms with van der Waals surface area (Å²) >= 11 is 3.05. The van der Waals surface area contributed by atoms with Crippen molar-refractivity contribution in [2.24, 2.45) is 0 Å². The number of amides is 1. The van der Waals surface area contributed by atoms with Crippen molar-refractivity contribution in [1.82, 2.24) is 15.3 Å². The van der Waals surface area contributed by atoms with E-state index in [0.717, 1.165) is 32.5 Å². The fraction of sp³-hybridized carbons (Fsp3) is 0.0909. The maximum atomic E-state index is 12.2. The summed E-state index contributed by atoms with van der Waals surface area (Å²) in [5, 5.41) is 5.70. The molecule has 2 aromatic carbocycles. The highest BCUT2D eigenvalue weighted by molar-refractivity contribution is 7.99. The van der Waals surface area contributed by atoms with Crippen molar-refractivity contribution in [3.05, 3.63) is 83.1 Å². The molecule has 28 heavy (non-hydrogen) atoms. The van der Waals surface area contributed by atoms with E-state index in [1.807, 2.05) is 66.0 Å². The lowest BCUT2D eigenvalue weighted by Crippen LogP contribution is -2.24. The van der Waals surface area contributed by atoms with E-state index in [-0.39, 0.29) is 5.91 Å². The number of carbonyl (C=O) groups is 1. The zero-order valence-electron chi connectivity index (χ0n) is 15.1. The first-order valence-corrected chi connectivity index (χ1v) is 10.8. The van der Waals surface area contributed by atoms with Crippen molar-refractivity contribution >= 4 is 29.0 Å². The van der Waals surface area contributed by atoms with Crippen LogP contribution in [-0.4, -0.2) is 21.6 Å². The molecule has 4 nitrogen and oxygen atoms in total. The van der Waals surface area contributed by atoms with Gasteiger partial charge in [0.25, 0.3) is 0 Å². The van der Waals surface area contributed by atoms with Crippen molar-refractivity contribution < 1.29 is 4.79 Å². The molecule has 0 saturated heterocycles. The molecule has 0 fully saturated rings. The summed E-state index contributed by atoms with van der Waals surface area (Å²) < 4.78 is 0. The van der Waals surface area contributed by atoms with Gasteiger partial charge in [-0.15, -0.1) is 11.3 Å². The van der Waals surface area contributed by atoms with Gasteiger partial charge in [0.2, 0.25) is 5.91 Å². The molecule has 0 spiro atoms. The molecule has 1 amide bonds. The molecule has 0 saturated carbocycles. The molecule has 2 N–H and O–H groups in total. The minimum atomic E-state index is -0.00248. The van der Waals surface area contributed by atoms with Crippen LogP contribution in [0.1, 0.15) is 4.88 Å². The standard InChI is InChI=1S/C22H19N3OS2/c26-19(23-14-18-12-7-13-27-18)15-28-22-24-20(16-8-3-1-4-9-16)21(25-22)17-10-5-2-6-11-17/h1-13H,14-15H2,(H,23,26)(H,24,25). The lowest BCUT2D eigenvalue weighted by molar-refractivity contribution is -0.118. The van der Waals surface area contributed by atoms with Crippen LogP contribution in [-0.2, 0) is 11.3 Å². The monoisotopic (exact) mass is 405 g/mol. The van der Waals surface area contributed by atoms with E-state index in [4.69, 9.17) is 4.98 Å². The zero-order chi connectivity index (χ0) is 19.2. The van der Waals surface area contributed by atoms with Crippen LogP contribution in [0.5, 0.6) is 0 Å². The van der Waals surface area contributed by atoms with Crippen molar-refractivity contribution in [3.63, 3.8) is 0 Å². The number of imidazole rings is 1. The zero-order valence-corrected chi connectivity index (χ0v) is 16.7. The molecule has 0 aliphatic rings. The summed E-state index contributed by atoms with van der Waals surface area (Å²) in [4.78, 5) is 21.5. The molecule has 0 aliphatic carbocycles. The maximum Gasteiger partial charge on any atom is 0.230 e. The maximum absolute atomic E-state index is 12.2. The van der Waals surface area contributed by atoms with Crippen LogP contribution in [0.2, 0.25) is 0 Å². The summed E-state index contributed by atoms with van der Waals surface area (Å²) in [5.74, 6) is 0.318. The van der Waals surface area contributed by atoms with Crippen LogP contribution in [0.4, 0.5) is 0 Å². The average Bonchev–Trinajstić information content (AvgIpc) is 3.42. The van der Waals surface area contributed by atoms with Gasteiger partial charge in [-0.25, -0.2) is 4.98 Å². The first-order chi connectivity index (χ1) is 13.8. The highest BCUT2D eigenvalue weighted by Crippen LogP contribution is 2.32. The van der Waals surface area contributed by atoms with Gasteiger partial charge in [-0.05, 0) is 11.4 Å². The predicted molar refractivity (Wildman–Crippen MR) is 116 cm³/mol. The van der Waals surface area contributed by atoms with E-state index >= 15 is 0 Å². The SMILES string of the molecule is O=C(CSc1nc(-c2ccccc2)c(-c2ccccc2)[nH]1)NCc1cccs1. The van der Waals surface area contributed by atoms with Crippen molar-refractivity contribution in [2.75, 3.05) is 5.75 Å². The number of aromatic amines is 1. The summed E-state index contributed by atoms with van der Waals surface area (Å²) in [5.41, 5.74) is 3.98. The normalized spacial score (nSPS) is 10.7. The van der Waals surface area contributed by atoms with Crippen LogP contribution in [0.3, 0.4) is 0 Å². The molecule has 4 aromatic rings. The number of rotatable bonds is 7. The van der Waals surface area contributed by atoms with Crippen LogP contribution >= 0.6 is 23.1 Å².